The molecule has 0 aromatic rings. The van der Waals surface area contributed by atoms with Crippen molar-refractivity contribution in [3.8, 4) is 0 Å². The molecule has 0 spiro atoms. The van der Waals surface area contributed by atoms with Gasteiger partial charge in [-0.3, -0.25) is 0 Å². The third-order valence-corrected chi connectivity index (χ3v) is 1.98. The summed E-state index contributed by atoms with van der Waals surface area (Å²) in [7, 11) is 0. The Labute approximate surface area is 57.3 Å². The zero-order valence-electron chi connectivity index (χ0n) is 6.17. The minimum atomic E-state index is 0.726. The zero-order chi connectivity index (χ0) is 6.69. The van der Waals surface area contributed by atoms with E-state index in [2.05, 4.69) is 38.2 Å². The summed E-state index contributed by atoms with van der Waals surface area (Å²) in [5.74, 6) is 1.45. The van der Waals surface area contributed by atoms with Gasteiger partial charge in [0.15, 0.2) is 0 Å². The van der Waals surface area contributed by atoms with Gasteiger partial charge in [-0.25, -0.2) is 0 Å². The normalized spacial score (nSPS) is 34.4. The fourth-order valence-corrected chi connectivity index (χ4v) is 1.02. The molecule has 0 aromatic carbocycles. The summed E-state index contributed by atoms with van der Waals surface area (Å²) in [6, 6.07) is 0. The second kappa shape index (κ2) is 2.86. The summed E-state index contributed by atoms with van der Waals surface area (Å²) >= 11 is 0. The van der Waals surface area contributed by atoms with Gasteiger partial charge in [0, 0.05) is 0 Å². The molecule has 0 heterocycles. The molecule has 1 aliphatic carbocycles. The van der Waals surface area contributed by atoms with E-state index in [0.29, 0.717) is 0 Å². The van der Waals surface area contributed by atoms with E-state index < -0.39 is 0 Å². The van der Waals surface area contributed by atoms with Crippen LogP contribution >= 0.6 is 0 Å². The van der Waals surface area contributed by atoms with Crippen molar-refractivity contribution in [1.29, 1.82) is 0 Å². The standard InChI is InChI=1S/C9H14/c1-8-6-4-3-5-7-9(8)2/h4-9H,3H2,1-2H3. The first kappa shape index (κ1) is 6.60. The molecule has 0 heteroatoms. The van der Waals surface area contributed by atoms with Crippen LogP contribution in [0.4, 0.5) is 0 Å². The monoisotopic (exact) mass is 122 g/mol. The third-order valence-electron chi connectivity index (χ3n) is 1.98. The SMILES string of the molecule is CC1C=CCC=CC1C. The molecule has 1 aliphatic rings. The first-order chi connectivity index (χ1) is 4.30. The molecule has 1 rings (SSSR count). The molecular weight excluding hydrogens is 108 g/mol. The second-order valence-corrected chi connectivity index (χ2v) is 2.81. The Balaban J connectivity index is 2.61. The van der Waals surface area contributed by atoms with Gasteiger partial charge in [-0.05, 0) is 18.3 Å². The molecule has 2 unspecified atom stereocenters. The first-order valence-electron chi connectivity index (χ1n) is 3.64. The van der Waals surface area contributed by atoms with Crippen LogP contribution in [0, 0.1) is 11.8 Å². The Hall–Kier alpha value is -0.520. The molecular formula is C9H14. The molecule has 0 N–H and O–H groups in total. The maximum atomic E-state index is 2.30. The highest BCUT2D eigenvalue weighted by atomic mass is 14.1. The van der Waals surface area contributed by atoms with Crippen molar-refractivity contribution in [2.45, 2.75) is 20.3 Å². The largest absolute Gasteiger partial charge is 0.0848 e. The molecule has 0 bridgehead atoms. The van der Waals surface area contributed by atoms with Gasteiger partial charge in [-0.1, -0.05) is 38.2 Å². The van der Waals surface area contributed by atoms with E-state index in [1.165, 1.54) is 0 Å². The first-order valence-corrected chi connectivity index (χ1v) is 3.64. The van der Waals surface area contributed by atoms with Gasteiger partial charge >= 0.3 is 0 Å². The molecule has 2 atom stereocenters. The van der Waals surface area contributed by atoms with Gasteiger partial charge in [-0.15, -0.1) is 0 Å². The van der Waals surface area contributed by atoms with Crippen LogP contribution in [0.2, 0.25) is 0 Å². The lowest BCUT2D eigenvalue weighted by Gasteiger charge is -2.08. The van der Waals surface area contributed by atoms with E-state index in [0.717, 1.165) is 18.3 Å². The van der Waals surface area contributed by atoms with E-state index >= 15 is 0 Å². The van der Waals surface area contributed by atoms with Crippen molar-refractivity contribution < 1.29 is 0 Å². The molecule has 0 saturated carbocycles. The van der Waals surface area contributed by atoms with E-state index in [1.807, 2.05) is 0 Å². The topological polar surface area (TPSA) is 0 Å². The Morgan fingerprint density at radius 3 is 1.89 bits per heavy atom. The fourth-order valence-electron chi connectivity index (χ4n) is 1.02. The van der Waals surface area contributed by atoms with Gasteiger partial charge in [0.05, 0.1) is 0 Å². The Bertz CT molecular complexity index is 115. The quantitative estimate of drug-likeness (QED) is 0.433. The maximum Gasteiger partial charge on any atom is -0.0169 e. The summed E-state index contributed by atoms with van der Waals surface area (Å²) in [4.78, 5) is 0. The highest BCUT2D eigenvalue weighted by Gasteiger charge is 2.05. The van der Waals surface area contributed by atoms with E-state index in [4.69, 9.17) is 0 Å². The molecule has 0 nitrogen and oxygen atoms in total. The van der Waals surface area contributed by atoms with Crippen molar-refractivity contribution in [3.63, 3.8) is 0 Å². The van der Waals surface area contributed by atoms with Crippen molar-refractivity contribution in [2.75, 3.05) is 0 Å². The summed E-state index contributed by atoms with van der Waals surface area (Å²) < 4.78 is 0. The average Bonchev–Trinajstić information content (AvgIpc) is 1.99. The second-order valence-electron chi connectivity index (χ2n) is 2.81. The van der Waals surface area contributed by atoms with E-state index in [9.17, 15) is 0 Å². The van der Waals surface area contributed by atoms with Crippen molar-refractivity contribution in [2.24, 2.45) is 11.8 Å². The Morgan fingerprint density at radius 1 is 1.00 bits per heavy atom. The zero-order valence-corrected chi connectivity index (χ0v) is 6.17. The van der Waals surface area contributed by atoms with Crippen molar-refractivity contribution >= 4 is 0 Å². The van der Waals surface area contributed by atoms with Crippen LogP contribution in [0.3, 0.4) is 0 Å². The van der Waals surface area contributed by atoms with Crippen molar-refractivity contribution in [1.82, 2.24) is 0 Å². The number of rotatable bonds is 0. The predicted octanol–water partition coefficient (Wildman–Crippen LogP) is 2.77. The summed E-state index contributed by atoms with van der Waals surface area (Å²) in [6.07, 6.45) is 10.2. The lowest BCUT2D eigenvalue weighted by Crippen LogP contribution is -1.99. The molecule has 0 radical (unpaired) electrons. The summed E-state index contributed by atoms with van der Waals surface area (Å²) in [5, 5.41) is 0. The lowest BCUT2D eigenvalue weighted by atomic mass is 9.97. The molecule has 0 fully saturated rings. The minimum absolute atomic E-state index is 0.726. The summed E-state index contributed by atoms with van der Waals surface area (Å²) in [6.45, 7) is 4.52. The fraction of sp³-hybridized carbons (Fsp3) is 0.556. The Kier molecular flexibility index (Phi) is 2.10. The van der Waals surface area contributed by atoms with Crippen LogP contribution in [0.1, 0.15) is 20.3 Å². The van der Waals surface area contributed by atoms with Gasteiger partial charge in [0.25, 0.3) is 0 Å². The van der Waals surface area contributed by atoms with Crippen LogP contribution in [-0.2, 0) is 0 Å². The minimum Gasteiger partial charge on any atom is -0.0848 e. The van der Waals surface area contributed by atoms with Crippen LogP contribution in [0.5, 0.6) is 0 Å². The molecule has 0 aliphatic heterocycles. The highest BCUT2D eigenvalue weighted by molar-refractivity contribution is 5.04. The summed E-state index contributed by atoms with van der Waals surface area (Å²) in [5.41, 5.74) is 0. The molecule has 0 aromatic heterocycles. The van der Waals surface area contributed by atoms with Crippen LogP contribution in [0.15, 0.2) is 24.3 Å². The molecule has 0 saturated heterocycles. The van der Waals surface area contributed by atoms with Gasteiger partial charge in [0.1, 0.15) is 0 Å². The molecule has 50 valence electrons. The molecule has 0 amide bonds. The third kappa shape index (κ3) is 1.70. The van der Waals surface area contributed by atoms with Gasteiger partial charge in [0.2, 0.25) is 0 Å². The van der Waals surface area contributed by atoms with Gasteiger partial charge < -0.3 is 0 Å². The van der Waals surface area contributed by atoms with Gasteiger partial charge in [-0.2, -0.15) is 0 Å². The van der Waals surface area contributed by atoms with E-state index in [1.54, 1.807) is 0 Å². The predicted molar refractivity (Wildman–Crippen MR) is 41.2 cm³/mol. The lowest BCUT2D eigenvalue weighted by molar-refractivity contribution is 0.560. The van der Waals surface area contributed by atoms with Crippen LogP contribution < -0.4 is 0 Å². The average molecular weight is 122 g/mol. The number of allylic oxidation sites excluding steroid dienone is 4. The Morgan fingerprint density at radius 2 is 1.44 bits per heavy atom. The number of hydrogen-bond donors (Lipinski definition) is 0. The van der Waals surface area contributed by atoms with Crippen LogP contribution in [0.25, 0.3) is 0 Å². The maximum absolute atomic E-state index is 2.30. The highest BCUT2D eigenvalue weighted by Crippen LogP contribution is 2.16. The van der Waals surface area contributed by atoms with Crippen LogP contribution in [-0.4, -0.2) is 0 Å². The smallest absolute Gasteiger partial charge is 0.0169 e. The van der Waals surface area contributed by atoms with Crippen molar-refractivity contribution in [3.05, 3.63) is 24.3 Å². The van der Waals surface area contributed by atoms with E-state index in [-0.39, 0.29) is 0 Å². The number of hydrogen-bond acceptors (Lipinski definition) is 0. The molecule has 9 heavy (non-hydrogen) atoms.